The molecule has 0 aliphatic heterocycles. The van der Waals surface area contributed by atoms with E-state index in [0.717, 1.165) is 12.1 Å². The molecule has 3 rings (SSSR count). The summed E-state index contributed by atoms with van der Waals surface area (Å²) in [6.45, 7) is 1.04. The molecule has 6 nitrogen and oxygen atoms in total. The lowest BCUT2D eigenvalue weighted by molar-refractivity contribution is 0.0963. The van der Waals surface area contributed by atoms with Gasteiger partial charge in [0.1, 0.15) is 28.5 Å². The van der Waals surface area contributed by atoms with Crippen molar-refractivity contribution < 1.29 is 23.4 Å². The van der Waals surface area contributed by atoms with E-state index < -0.39 is 17.2 Å². The van der Waals surface area contributed by atoms with Crippen molar-refractivity contribution in [1.29, 1.82) is 0 Å². The van der Waals surface area contributed by atoms with Crippen molar-refractivity contribution in [3.05, 3.63) is 85.2 Å². The number of hydrogen-bond donors (Lipinski definition) is 3. The first-order valence-corrected chi connectivity index (χ1v) is 10.0. The van der Waals surface area contributed by atoms with E-state index in [2.05, 4.69) is 26.2 Å². The number of aromatic nitrogens is 1. The van der Waals surface area contributed by atoms with Gasteiger partial charge in [-0.15, -0.1) is 0 Å². The fourth-order valence-electron chi connectivity index (χ4n) is 3.15. The van der Waals surface area contributed by atoms with E-state index in [1.807, 2.05) is 0 Å². The molecule has 2 aromatic carbocycles. The second kappa shape index (κ2) is 9.40. The van der Waals surface area contributed by atoms with Gasteiger partial charge in [0, 0.05) is 35.5 Å². The summed E-state index contributed by atoms with van der Waals surface area (Å²) in [7, 11) is 1.50. The fourth-order valence-corrected chi connectivity index (χ4v) is 3.56. The van der Waals surface area contributed by atoms with E-state index in [-0.39, 0.29) is 34.9 Å². The largest absolute Gasteiger partial charge is 0.487 e. The molecule has 1 amide bonds. The number of carbonyl (C=O) groups excluding carboxylic acids is 1. The average Bonchev–Trinajstić information content (AvgIpc) is 2.75. The highest BCUT2D eigenvalue weighted by molar-refractivity contribution is 9.10. The van der Waals surface area contributed by atoms with E-state index in [1.54, 1.807) is 25.1 Å². The van der Waals surface area contributed by atoms with Crippen LogP contribution >= 0.6 is 15.9 Å². The Morgan fingerprint density at radius 1 is 1.19 bits per heavy atom. The highest BCUT2D eigenvalue weighted by Crippen LogP contribution is 2.39. The lowest BCUT2D eigenvalue weighted by Gasteiger charge is -2.18. The minimum absolute atomic E-state index is 0.0601. The molecule has 0 radical (unpaired) electrons. The summed E-state index contributed by atoms with van der Waals surface area (Å²) in [4.78, 5) is 27.1. The van der Waals surface area contributed by atoms with Crippen molar-refractivity contribution in [2.24, 2.45) is 0 Å². The van der Waals surface area contributed by atoms with Crippen molar-refractivity contribution in [2.75, 3.05) is 7.05 Å². The van der Waals surface area contributed by atoms with Crippen LogP contribution in [-0.2, 0) is 13.2 Å². The SMILES string of the molecule is CNC(=O)c1ccc(CO)c(-c2c(C)[nH]c(=O)c(Br)c2OCc2ccc(F)cc2F)c1. The number of aromatic amines is 1. The van der Waals surface area contributed by atoms with Crippen LogP contribution in [0.4, 0.5) is 8.78 Å². The zero-order valence-corrected chi connectivity index (χ0v) is 18.3. The molecule has 0 spiro atoms. The van der Waals surface area contributed by atoms with Crippen LogP contribution in [0.1, 0.15) is 27.2 Å². The zero-order valence-electron chi connectivity index (χ0n) is 16.7. The molecule has 31 heavy (non-hydrogen) atoms. The molecule has 0 saturated heterocycles. The molecule has 1 heterocycles. The summed E-state index contributed by atoms with van der Waals surface area (Å²) in [5.41, 5.74) is 1.77. The second-order valence-electron chi connectivity index (χ2n) is 6.73. The van der Waals surface area contributed by atoms with Gasteiger partial charge >= 0.3 is 0 Å². The number of hydrogen-bond acceptors (Lipinski definition) is 4. The highest BCUT2D eigenvalue weighted by atomic mass is 79.9. The number of pyridine rings is 1. The second-order valence-corrected chi connectivity index (χ2v) is 7.52. The summed E-state index contributed by atoms with van der Waals surface area (Å²) in [5, 5.41) is 12.4. The number of aryl methyl sites for hydroxylation is 1. The zero-order chi connectivity index (χ0) is 22.7. The summed E-state index contributed by atoms with van der Waals surface area (Å²) < 4.78 is 33.1. The molecule has 1 aromatic heterocycles. The van der Waals surface area contributed by atoms with Crippen molar-refractivity contribution in [2.45, 2.75) is 20.1 Å². The Morgan fingerprint density at radius 2 is 1.90 bits per heavy atom. The number of H-pyrrole nitrogens is 1. The van der Waals surface area contributed by atoms with Crippen LogP contribution in [0.5, 0.6) is 5.75 Å². The van der Waals surface area contributed by atoms with E-state index in [1.165, 1.54) is 13.1 Å². The Hall–Kier alpha value is -3.04. The fraction of sp³-hybridized carbons (Fsp3) is 0.182. The topological polar surface area (TPSA) is 91.4 Å². The van der Waals surface area contributed by atoms with E-state index in [4.69, 9.17) is 4.74 Å². The average molecular weight is 493 g/mol. The predicted octanol–water partition coefficient (Wildman–Crippen LogP) is 3.82. The van der Waals surface area contributed by atoms with Gasteiger partial charge in [-0.1, -0.05) is 6.07 Å². The number of nitrogens with one attached hydrogen (secondary N) is 2. The van der Waals surface area contributed by atoms with Crippen molar-refractivity contribution >= 4 is 21.8 Å². The van der Waals surface area contributed by atoms with Gasteiger partial charge in [0.2, 0.25) is 0 Å². The minimum atomic E-state index is -0.781. The number of benzene rings is 2. The Morgan fingerprint density at radius 3 is 2.55 bits per heavy atom. The molecule has 9 heteroatoms. The monoisotopic (exact) mass is 492 g/mol. The lowest BCUT2D eigenvalue weighted by atomic mass is 9.95. The number of aliphatic hydroxyl groups is 1. The first-order valence-electron chi connectivity index (χ1n) is 9.22. The normalized spacial score (nSPS) is 10.8. The molecule has 0 unspecified atom stereocenters. The molecule has 0 aliphatic carbocycles. The van der Waals surface area contributed by atoms with Crippen molar-refractivity contribution in [1.82, 2.24) is 10.3 Å². The van der Waals surface area contributed by atoms with Crippen LogP contribution in [-0.4, -0.2) is 23.0 Å². The maximum atomic E-state index is 14.1. The Bertz CT molecular complexity index is 1210. The van der Waals surface area contributed by atoms with Gasteiger partial charge in [-0.3, -0.25) is 9.59 Å². The summed E-state index contributed by atoms with van der Waals surface area (Å²) in [5.74, 6) is -1.72. The summed E-state index contributed by atoms with van der Waals surface area (Å²) in [6.07, 6.45) is 0. The van der Waals surface area contributed by atoms with Crippen LogP contribution < -0.4 is 15.6 Å². The van der Waals surface area contributed by atoms with E-state index in [9.17, 15) is 23.5 Å². The molecule has 0 aliphatic rings. The first kappa shape index (κ1) is 22.6. The molecule has 3 aromatic rings. The molecular formula is C22H19BrF2N2O4. The number of carbonyl (C=O) groups is 1. The van der Waals surface area contributed by atoms with Gasteiger partial charge in [-0.2, -0.15) is 0 Å². The summed E-state index contributed by atoms with van der Waals surface area (Å²) >= 11 is 3.21. The molecular weight excluding hydrogens is 474 g/mol. The predicted molar refractivity (Wildman–Crippen MR) is 115 cm³/mol. The minimum Gasteiger partial charge on any atom is -0.487 e. The van der Waals surface area contributed by atoms with Crippen LogP contribution in [0.25, 0.3) is 11.1 Å². The van der Waals surface area contributed by atoms with Gasteiger partial charge < -0.3 is 20.1 Å². The summed E-state index contributed by atoms with van der Waals surface area (Å²) in [6, 6.07) is 7.85. The maximum absolute atomic E-state index is 14.1. The van der Waals surface area contributed by atoms with Crippen LogP contribution in [0.15, 0.2) is 45.7 Å². The first-order chi connectivity index (χ1) is 14.8. The third kappa shape index (κ3) is 4.67. The third-order valence-electron chi connectivity index (χ3n) is 4.73. The highest BCUT2D eigenvalue weighted by Gasteiger charge is 2.21. The van der Waals surface area contributed by atoms with Crippen LogP contribution in [0.2, 0.25) is 0 Å². The van der Waals surface area contributed by atoms with Gasteiger partial charge in [0.05, 0.1) is 6.61 Å². The Balaban J connectivity index is 2.16. The Labute approximate surface area is 185 Å². The van der Waals surface area contributed by atoms with Gasteiger partial charge in [-0.25, -0.2) is 8.78 Å². The number of halogens is 3. The third-order valence-corrected chi connectivity index (χ3v) is 5.45. The maximum Gasteiger partial charge on any atom is 0.266 e. The molecule has 3 N–H and O–H groups in total. The number of amides is 1. The van der Waals surface area contributed by atoms with E-state index >= 15 is 0 Å². The smallest absolute Gasteiger partial charge is 0.266 e. The van der Waals surface area contributed by atoms with Crippen molar-refractivity contribution in [3.8, 4) is 16.9 Å². The van der Waals surface area contributed by atoms with E-state index in [0.29, 0.717) is 27.9 Å². The molecule has 0 fully saturated rings. The number of rotatable bonds is 6. The quantitative estimate of drug-likeness (QED) is 0.487. The molecule has 162 valence electrons. The van der Waals surface area contributed by atoms with Gasteiger partial charge in [0.25, 0.3) is 11.5 Å². The van der Waals surface area contributed by atoms with Crippen molar-refractivity contribution in [3.63, 3.8) is 0 Å². The number of aliphatic hydroxyl groups excluding tert-OH is 1. The molecule has 0 bridgehead atoms. The standard InChI is InChI=1S/C22H19BrF2N2O4/c1-11-18(16-7-12(21(29)26-2)3-4-13(16)9-28)20(19(23)22(30)27-11)31-10-14-5-6-15(24)8-17(14)25/h3-8,28H,9-10H2,1-2H3,(H,26,29)(H,27,30). The Kier molecular flexibility index (Phi) is 6.87. The van der Waals surface area contributed by atoms with Gasteiger partial charge in [-0.05, 0) is 58.2 Å². The van der Waals surface area contributed by atoms with Crippen LogP contribution in [0, 0.1) is 18.6 Å². The molecule has 0 atom stereocenters. The van der Waals surface area contributed by atoms with Crippen LogP contribution in [0.3, 0.4) is 0 Å². The number of ether oxygens (including phenoxy) is 1. The lowest BCUT2D eigenvalue weighted by Crippen LogP contribution is -2.18. The van der Waals surface area contributed by atoms with Gasteiger partial charge in [0.15, 0.2) is 0 Å². The molecule has 0 saturated carbocycles.